The van der Waals surface area contributed by atoms with Gasteiger partial charge in [0.25, 0.3) is 0 Å². The van der Waals surface area contributed by atoms with Gasteiger partial charge in [-0.15, -0.1) is 0 Å². The van der Waals surface area contributed by atoms with E-state index in [1.807, 2.05) is 91.9 Å². The fourth-order valence-corrected chi connectivity index (χ4v) is 4.57. The molecular formula is C26H24O3. The topological polar surface area (TPSA) is 43.4 Å². The minimum absolute atomic E-state index is 0.104. The Morgan fingerprint density at radius 2 is 1.17 bits per heavy atom. The van der Waals surface area contributed by atoms with E-state index in [1.54, 1.807) is 6.92 Å². The van der Waals surface area contributed by atoms with Crippen LogP contribution in [0.25, 0.3) is 0 Å². The molecule has 0 aliphatic heterocycles. The highest BCUT2D eigenvalue weighted by atomic mass is 16.5. The molecule has 4 rings (SSSR count). The summed E-state index contributed by atoms with van der Waals surface area (Å²) in [6, 6.07) is 27.2. The van der Waals surface area contributed by atoms with Crippen LogP contribution in [0.2, 0.25) is 0 Å². The lowest BCUT2D eigenvalue weighted by Crippen LogP contribution is -2.51. The van der Waals surface area contributed by atoms with E-state index in [-0.39, 0.29) is 29.5 Å². The number of esters is 1. The van der Waals surface area contributed by atoms with Crippen molar-refractivity contribution in [2.45, 2.75) is 25.7 Å². The van der Waals surface area contributed by atoms with Gasteiger partial charge < -0.3 is 4.74 Å². The van der Waals surface area contributed by atoms with Crippen molar-refractivity contribution in [1.29, 1.82) is 0 Å². The summed E-state index contributed by atoms with van der Waals surface area (Å²) in [6.07, 6.45) is 0. The number of aryl methyl sites for hydroxylation is 1. The lowest BCUT2D eigenvalue weighted by Gasteiger charge is -2.50. The third-order valence-electron chi connectivity index (χ3n) is 5.96. The van der Waals surface area contributed by atoms with E-state index in [0.29, 0.717) is 5.75 Å². The molecule has 29 heavy (non-hydrogen) atoms. The number of hydrogen-bond donors (Lipinski definition) is 0. The Morgan fingerprint density at radius 3 is 1.66 bits per heavy atom. The monoisotopic (exact) mass is 384 g/mol. The number of ketones is 1. The third-order valence-corrected chi connectivity index (χ3v) is 5.96. The molecule has 3 heteroatoms. The highest BCUT2D eigenvalue weighted by Crippen LogP contribution is 2.58. The van der Waals surface area contributed by atoms with E-state index in [4.69, 9.17) is 4.74 Å². The number of Topliss-reactive ketones (excluding diaryl/α,β-unsaturated/α-hetero) is 1. The van der Waals surface area contributed by atoms with Gasteiger partial charge in [-0.05, 0) is 36.6 Å². The number of carbonyl (C=O) groups is 2. The molecule has 0 radical (unpaired) electrons. The first-order chi connectivity index (χ1) is 14.1. The molecule has 0 N–H and O–H groups in total. The number of rotatable bonds is 5. The molecule has 0 aromatic heterocycles. The Balaban J connectivity index is 1.74. The highest BCUT2D eigenvalue weighted by molar-refractivity contribution is 5.88. The van der Waals surface area contributed by atoms with Crippen LogP contribution in [0.4, 0.5) is 0 Å². The molecule has 0 saturated heterocycles. The SMILES string of the molecule is CC(=O)C1C(c2ccccc2)C(C(=O)Oc2ccccc2C)C1c1ccccc1. The van der Waals surface area contributed by atoms with Crippen LogP contribution in [-0.2, 0) is 9.59 Å². The first-order valence-electron chi connectivity index (χ1n) is 9.95. The summed E-state index contributed by atoms with van der Waals surface area (Å²) in [5, 5.41) is 0. The zero-order chi connectivity index (χ0) is 20.4. The van der Waals surface area contributed by atoms with Crippen LogP contribution in [0.3, 0.4) is 0 Å². The van der Waals surface area contributed by atoms with E-state index in [1.165, 1.54) is 0 Å². The number of ether oxygens (including phenoxy) is 1. The normalized spacial score (nSPS) is 23.1. The molecule has 1 saturated carbocycles. The van der Waals surface area contributed by atoms with Crippen LogP contribution in [0.15, 0.2) is 84.9 Å². The predicted molar refractivity (Wildman–Crippen MR) is 113 cm³/mol. The molecule has 0 bridgehead atoms. The van der Waals surface area contributed by atoms with Crippen molar-refractivity contribution in [2.75, 3.05) is 0 Å². The summed E-state index contributed by atoms with van der Waals surface area (Å²) in [7, 11) is 0. The largest absolute Gasteiger partial charge is 0.426 e. The fourth-order valence-electron chi connectivity index (χ4n) is 4.57. The lowest BCUT2D eigenvalue weighted by molar-refractivity contribution is -0.149. The van der Waals surface area contributed by atoms with E-state index in [2.05, 4.69) is 0 Å². The predicted octanol–water partition coefficient (Wildman–Crippen LogP) is 5.30. The first-order valence-corrected chi connectivity index (χ1v) is 9.95. The van der Waals surface area contributed by atoms with Crippen molar-refractivity contribution < 1.29 is 14.3 Å². The summed E-state index contributed by atoms with van der Waals surface area (Å²) >= 11 is 0. The van der Waals surface area contributed by atoms with E-state index in [0.717, 1.165) is 16.7 Å². The molecular weight excluding hydrogens is 360 g/mol. The molecule has 1 aliphatic carbocycles. The van der Waals surface area contributed by atoms with Crippen LogP contribution in [0.5, 0.6) is 5.75 Å². The summed E-state index contributed by atoms with van der Waals surface area (Å²) in [5.41, 5.74) is 2.93. The minimum atomic E-state index is -0.409. The Hall–Kier alpha value is -3.20. The average molecular weight is 384 g/mol. The maximum atomic E-state index is 13.3. The summed E-state index contributed by atoms with van der Waals surface area (Å²) in [4.78, 5) is 26.0. The van der Waals surface area contributed by atoms with E-state index < -0.39 is 5.92 Å². The summed E-state index contributed by atoms with van der Waals surface area (Å²) in [5.74, 6) is -0.622. The summed E-state index contributed by atoms with van der Waals surface area (Å²) < 4.78 is 5.83. The van der Waals surface area contributed by atoms with Gasteiger partial charge in [-0.2, -0.15) is 0 Å². The van der Waals surface area contributed by atoms with Gasteiger partial charge in [0.1, 0.15) is 11.5 Å². The van der Waals surface area contributed by atoms with E-state index in [9.17, 15) is 9.59 Å². The van der Waals surface area contributed by atoms with Crippen LogP contribution in [-0.4, -0.2) is 11.8 Å². The van der Waals surface area contributed by atoms with Gasteiger partial charge in [-0.1, -0.05) is 78.9 Å². The summed E-state index contributed by atoms with van der Waals surface area (Å²) in [6.45, 7) is 3.55. The fraction of sp³-hybridized carbons (Fsp3) is 0.231. The Bertz CT molecular complexity index is 963. The average Bonchev–Trinajstić information content (AvgIpc) is 2.70. The van der Waals surface area contributed by atoms with Gasteiger partial charge in [-0.25, -0.2) is 0 Å². The molecule has 2 atom stereocenters. The molecule has 3 aromatic carbocycles. The van der Waals surface area contributed by atoms with Gasteiger partial charge in [0.2, 0.25) is 0 Å². The standard InChI is InChI=1S/C26H24O3/c1-17-11-9-10-16-21(17)29-26(28)25-23(19-12-5-3-6-13-19)22(18(2)27)24(25)20-14-7-4-8-15-20/h3-16,22-25H,1-2H3. The second-order valence-corrected chi connectivity index (χ2v) is 7.72. The smallest absolute Gasteiger partial charge is 0.315 e. The van der Waals surface area contributed by atoms with Crippen molar-refractivity contribution in [3.8, 4) is 5.75 Å². The zero-order valence-corrected chi connectivity index (χ0v) is 16.6. The van der Waals surface area contributed by atoms with Crippen LogP contribution in [0, 0.1) is 18.8 Å². The second-order valence-electron chi connectivity index (χ2n) is 7.72. The molecule has 3 nitrogen and oxygen atoms in total. The number of para-hydroxylation sites is 1. The van der Waals surface area contributed by atoms with Crippen molar-refractivity contribution in [1.82, 2.24) is 0 Å². The first kappa shape index (κ1) is 19.1. The third kappa shape index (κ3) is 3.61. The molecule has 0 amide bonds. The maximum Gasteiger partial charge on any atom is 0.315 e. The highest BCUT2D eigenvalue weighted by Gasteiger charge is 2.57. The van der Waals surface area contributed by atoms with Crippen LogP contribution in [0.1, 0.15) is 35.4 Å². The Morgan fingerprint density at radius 1 is 0.690 bits per heavy atom. The molecule has 0 spiro atoms. The quantitative estimate of drug-likeness (QED) is 0.443. The van der Waals surface area contributed by atoms with Crippen molar-refractivity contribution in [3.63, 3.8) is 0 Å². The van der Waals surface area contributed by atoms with Crippen LogP contribution >= 0.6 is 0 Å². The lowest BCUT2D eigenvalue weighted by atomic mass is 9.51. The maximum absolute atomic E-state index is 13.3. The Kier molecular flexibility index (Phi) is 5.30. The number of carbonyl (C=O) groups excluding carboxylic acids is 2. The number of benzene rings is 3. The van der Waals surface area contributed by atoms with Crippen LogP contribution < -0.4 is 4.74 Å². The van der Waals surface area contributed by atoms with Gasteiger partial charge in [-0.3, -0.25) is 9.59 Å². The van der Waals surface area contributed by atoms with Gasteiger partial charge in [0, 0.05) is 17.8 Å². The molecule has 1 fully saturated rings. The van der Waals surface area contributed by atoms with Gasteiger partial charge in [0.05, 0.1) is 5.92 Å². The Labute approximate surface area is 171 Å². The van der Waals surface area contributed by atoms with E-state index >= 15 is 0 Å². The minimum Gasteiger partial charge on any atom is -0.426 e. The van der Waals surface area contributed by atoms with Crippen molar-refractivity contribution in [2.24, 2.45) is 11.8 Å². The molecule has 1 aliphatic rings. The van der Waals surface area contributed by atoms with Crippen molar-refractivity contribution >= 4 is 11.8 Å². The second kappa shape index (κ2) is 8.04. The molecule has 146 valence electrons. The molecule has 0 heterocycles. The molecule has 3 aromatic rings. The number of hydrogen-bond acceptors (Lipinski definition) is 3. The van der Waals surface area contributed by atoms with Gasteiger partial charge in [0.15, 0.2) is 0 Å². The van der Waals surface area contributed by atoms with Gasteiger partial charge >= 0.3 is 5.97 Å². The van der Waals surface area contributed by atoms with Crippen molar-refractivity contribution in [3.05, 3.63) is 102 Å². The molecule has 2 unspecified atom stereocenters. The zero-order valence-electron chi connectivity index (χ0n) is 16.6.